The van der Waals surface area contributed by atoms with E-state index >= 15 is 0 Å². The second kappa shape index (κ2) is 8.98. The minimum Gasteiger partial charge on any atom is -0.490 e. The number of benzene rings is 1. The largest absolute Gasteiger partial charge is 0.490 e. The van der Waals surface area contributed by atoms with Crippen molar-refractivity contribution in [1.29, 1.82) is 0 Å². The molecule has 0 fully saturated rings. The van der Waals surface area contributed by atoms with E-state index in [2.05, 4.69) is 11.8 Å². The maximum absolute atomic E-state index is 14.1. The van der Waals surface area contributed by atoms with Gasteiger partial charge in [-0.1, -0.05) is 24.8 Å². The third kappa shape index (κ3) is 6.28. The van der Waals surface area contributed by atoms with Crippen molar-refractivity contribution >= 4 is 5.91 Å². The van der Waals surface area contributed by atoms with Crippen LogP contribution in [-0.4, -0.2) is 24.2 Å². The zero-order valence-electron chi connectivity index (χ0n) is 12.1. The third-order valence-corrected chi connectivity index (χ3v) is 2.83. The summed E-state index contributed by atoms with van der Waals surface area (Å²) in [5.41, 5.74) is 5.32. The Bertz CT molecular complexity index is 534. The predicted molar refractivity (Wildman–Crippen MR) is 78.1 cm³/mol. The highest BCUT2D eigenvalue weighted by Crippen LogP contribution is 2.21. The van der Waals surface area contributed by atoms with Crippen molar-refractivity contribution in [3.8, 4) is 17.6 Å². The molecule has 0 spiro atoms. The van der Waals surface area contributed by atoms with Gasteiger partial charge in [0.05, 0.1) is 18.8 Å². The molecule has 114 valence electrons. The topological polar surface area (TPSA) is 72.6 Å². The summed E-state index contributed by atoms with van der Waals surface area (Å²) in [7, 11) is 0. The Morgan fingerprint density at radius 3 is 2.95 bits per heavy atom. The molecule has 0 bridgehead atoms. The number of halogens is 1. The summed E-state index contributed by atoms with van der Waals surface area (Å²) in [5, 5.41) is 8.65. The Balaban J connectivity index is 2.62. The van der Waals surface area contributed by atoms with Crippen LogP contribution in [0, 0.1) is 23.6 Å². The van der Waals surface area contributed by atoms with E-state index in [-0.39, 0.29) is 29.7 Å². The van der Waals surface area contributed by atoms with Crippen molar-refractivity contribution in [1.82, 2.24) is 0 Å². The van der Waals surface area contributed by atoms with E-state index in [4.69, 9.17) is 15.6 Å². The van der Waals surface area contributed by atoms with Crippen molar-refractivity contribution in [2.45, 2.75) is 26.2 Å². The van der Waals surface area contributed by atoms with Gasteiger partial charge in [-0.05, 0) is 24.5 Å². The lowest BCUT2D eigenvalue weighted by atomic mass is 10.1. The van der Waals surface area contributed by atoms with Gasteiger partial charge in [-0.3, -0.25) is 4.79 Å². The summed E-state index contributed by atoms with van der Waals surface area (Å²) in [6.45, 7) is 2.16. The van der Waals surface area contributed by atoms with E-state index in [1.807, 2.05) is 6.92 Å². The average molecular weight is 293 g/mol. The van der Waals surface area contributed by atoms with Crippen LogP contribution in [0.2, 0.25) is 0 Å². The highest BCUT2D eigenvalue weighted by Gasteiger charge is 2.10. The summed E-state index contributed by atoms with van der Waals surface area (Å²) in [6.07, 6.45) is 1.20. The van der Waals surface area contributed by atoms with Crippen LogP contribution in [0.4, 0.5) is 4.39 Å². The van der Waals surface area contributed by atoms with Gasteiger partial charge in [0.15, 0.2) is 11.6 Å². The number of primary amides is 1. The zero-order valence-corrected chi connectivity index (χ0v) is 12.1. The van der Waals surface area contributed by atoms with E-state index in [1.54, 1.807) is 12.1 Å². The van der Waals surface area contributed by atoms with Crippen LogP contribution in [0.5, 0.6) is 5.75 Å². The molecular formula is C16H20FNO3. The number of hydrogen-bond acceptors (Lipinski definition) is 3. The maximum Gasteiger partial charge on any atom is 0.217 e. The highest BCUT2D eigenvalue weighted by molar-refractivity contribution is 5.73. The van der Waals surface area contributed by atoms with Crippen LogP contribution >= 0.6 is 0 Å². The molecule has 4 nitrogen and oxygen atoms in total. The van der Waals surface area contributed by atoms with Gasteiger partial charge in [0.25, 0.3) is 0 Å². The van der Waals surface area contributed by atoms with Gasteiger partial charge in [0.1, 0.15) is 0 Å². The Hall–Kier alpha value is -2.06. The van der Waals surface area contributed by atoms with Gasteiger partial charge in [0, 0.05) is 12.8 Å². The number of nitrogens with two attached hydrogens (primary N) is 1. The van der Waals surface area contributed by atoms with Gasteiger partial charge in [-0.25, -0.2) is 4.39 Å². The Morgan fingerprint density at radius 1 is 1.52 bits per heavy atom. The summed E-state index contributed by atoms with van der Waals surface area (Å²) in [5.74, 6) is 4.70. The van der Waals surface area contributed by atoms with E-state index < -0.39 is 5.82 Å². The fourth-order valence-electron chi connectivity index (χ4n) is 1.64. The minimum atomic E-state index is -0.509. The highest BCUT2D eigenvalue weighted by atomic mass is 19.1. The number of amides is 1. The van der Waals surface area contributed by atoms with Crippen LogP contribution < -0.4 is 10.5 Å². The van der Waals surface area contributed by atoms with Gasteiger partial charge in [-0.15, -0.1) is 0 Å². The molecule has 1 atom stereocenters. The summed E-state index contributed by atoms with van der Waals surface area (Å²) < 4.78 is 19.5. The molecule has 0 aliphatic heterocycles. The Kier molecular flexibility index (Phi) is 7.27. The molecular weight excluding hydrogens is 273 g/mol. The second-order valence-corrected chi connectivity index (χ2v) is 4.81. The maximum atomic E-state index is 14.1. The van der Waals surface area contributed by atoms with Crippen molar-refractivity contribution in [2.24, 2.45) is 11.7 Å². The average Bonchev–Trinajstić information content (AvgIpc) is 2.45. The first kappa shape index (κ1) is 17.0. The van der Waals surface area contributed by atoms with E-state index in [0.29, 0.717) is 25.9 Å². The number of carbonyl (C=O) groups is 1. The molecule has 0 unspecified atom stereocenters. The van der Waals surface area contributed by atoms with Gasteiger partial charge in [-0.2, -0.15) is 0 Å². The molecule has 0 aliphatic carbocycles. The number of aliphatic hydroxyl groups excluding tert-OH is 1. The minimum absolute atomic E-state index is 0.0534. The summed E-state index contributed by atoms with van der Waals surface area (Å²) in [6, 6.07) is 4.76. The number of carbonyl (C=O) groups excluding carboxylic acids is 1. The molecule has 0 saturated heterocycles. The second-order valence-electron chi connectivity index (χ2n) is 4.81. The monoisotopic (exact) mass is 293 g/mol. The molecule has 1 aromatic rings. The number of aliphatic hydroxyl groups is 1. The molecule has 3 N–H and O–H groups in total. The number of rotatable bonds is 7. The lowest BCUT2D eigenvalue weighted by Gasteiger charge is -2.13. The van der Waals surface area contributed by atoms with Crippen molar-refractivity contribution < 1.29 is 19.0 Å². The fourth-order valence-corrected chi connectivity index (χ4v) is 1.64. The molecule has 1 amide bonds. The third-order valence-electron chi connectivity index (χ3n) is 2.83. The first-order chi connectivity index (χ1) is 10.0. The Morgan fingerprint density at radius 2 is 2.29 bits per heavy atom. The molecule has 1 rings (SSSR count). The number of ether oxygens (including phenoxy) is 1. The summed E-state index contributed by atoms with van der Waals surface area (Å²) >= 11 is 0. The Labute approximate surface area is 124 Å². The molecule has 21 heavy (non-hydrogen) atoms. The zero-order chi connectivity index (χ0) is 15.7. The lowest BCUT2D eigenvalue weighted by molar-refractivity contribution is -0.118. The lowest BCUT2D eigenvalue weighted by Crippen LogP contribution is -2.15. The van der Waals surface area contributed by atoms with Gasteiger partial charge in [0.2, 0.25) is 5.91 Å². The molecule has 0 saturated carbocycles. The predicted octanol–water partition coefficient (Wildman–Crippen LogP) is 1.84. The smallest absolute Gasteiger partial charge is 0.217 e. The van der Waals surface area contributed by atoms with Crippen LogP contribution in [-0.2, 0) is 4.79 Å². The molecule has 1 aromatic carbocycles. The first-order valence-corrected chi connectivity index (χ1v) is 6.84. The van der Waals surface area contributed by atoms with E-state index in [0.717, 1.165) is 0 Å². The van der Waals surface area contributed by atoms with Crippen LogP contribution in [0.1, 0.15) is 31.7 Å². The molecule has 0 heterocycles. The fraction of sp³-hybridized carbons (Fsp3) is 0.438. The molecule has 0 aromatic heterocycles. The normalized spacial score (nSPS) is 11.4. The standard InChI is InChI=1S/C16H20FNO3/c1-12(8-9-15(18)20)11-21-14-7-4-6-13(16(14)17)5-2-3-10-19/h4,6-7,12,19H,3,8-11H2,1H3,(H2,18,20)/t12-/m0/s1. The van der Waals surface area contributed by atoms with Crippen molar-refractivity contribution in [2.75, 3.05) is 13.2 Å². The van der Waals surface area contributed by atoms with Crippen LogP contribution in [0.25, 0.3) is 0 Å². The van der Waals surface area contributed by atoms with Gasteiger partial charge < -0.3 is 15.6 Å². The molecule has 5 heteroatoms. The van der Waals surface area contributed by atoms with E-state index in [1.165, 1.54) is 6.07 Å². The van der Waals surface area contributed by atoms with Gasteiger partial charge >= 0.3 is 0 Å². The van der Waals surface area contributed by atoms with Crippen LogP contribution in [0.15, 0.2) is 18.2 Å². The van der Waals surface area contributed by atoms with Crippen LogP contribution in [0.3, 0.4) is 0 Å². The van der Waals surface area contributed by atoms with E-state index in [9.17, 15) is 9.18 Å². The number of hydrogen-bond donors (Lipinski definition) is 2. The summed E-state index contributed by atoms with van der Waals surface area (Å²) in [4.78, 5) is 10.7. The van der Waals surface area contributed by atoms with Crippen molar-refractivity contribution in [3.05, 3.63) is 29.6 Å². The SMILES string of the molecule is C[C@@H](CCC(N)=O)COc1cccc(C#CCCO)c1F. The van der Waals surface area contributed by atoms with Crippen molar-refractivity contribution in [3.63, 3.8) is 0 Å². The molecule has 0 radical (unpaired) electrons. The first-order valence-electron chi connectivity index (χ1n) is 6.84. The quantitative estimate of drug-likeness (QED) is 0.753. The molecule has 0 aliphatic rings.